The van der Waals surface area contributed by atoms with Crippen molar-refractivity contribution in [3.63, 3.8) is 0 Å². The van der Waals surface area contributed by atoms with Gasteiger partial charge in [-0.3, -0.25) is 9.78 Å². The van der Waals surface area contributed by atoms with Crippen LogP contribution in [-0.4, -0.2) is 23.2 Å². The van der Waals surface area contributed by atoms with E-state index < -0.39 is 18.3 Å². The molecule has 7 heteroatoms. The minimum atomic E-state index is -4.73. The van der Waals surface area contributed by atoms with Gasteiger partial charge >= 0.3 is 18.3 Å². The van der Waals surface area contributed by atoms with Gasteiger partial charge in [-0.1, -0.05) is 12.1 Å². The highest BCUT2D eigenvalue weighted by Crippen LogP contribution is 2.27. The van der Waals surface area contributed by atoms with Crippen LogP contribution in [0, 0.1) is 0 Å². The van der Waals surface area contributed by atoms with Crippen molar-refractivity contribution in [2.24, 2.45) is 0 Å². The molecule has 3 nitrogen and oxygen atoms in total. The van der Waals surface area contributed by atoms with Crippen molar-refractivity contribution in [2.75, 3.05) is 5.32 Å². The van der Waals surface area contributed by atoms with Crippen LogP contribution >= 0.6 is 0 Å². The van der Waals surface area contributed by atoms with E-state index in [4.69, 9.17) is 0 Å². The van der Waals surface area contributed by atoms with Gasteiger partial charge in [0.05, 0.1) is 5.69 Å². The van der Waals surface area contributed by atoms with Gasteiger partial charge in [0.15, 0.2) is 0 Å². The molecular formula is C12H8F4N2O. The molecule has 1 amide bonds. The molecule has 2 aromatic rings. The first-order valence-corrected chi connectivity index (χ1v) is 5.23. The first-order chi connectivity index (χ1) is 8.93. The number of benzene rings is 1. The Morgan fingerprint density at radius 1 is 1.26 bits per heavy atom. The zero-order chi connectivity index (χ0) is 14.0. The third-order valence-corrected chi connectivity index (χ3v) is 2.51. The average Bonchev–Trinajstić information content (AvgIpc) is 2.39. The van der Waals surface area contributed by atoms with Gasteiger partial charge in [0, 0.05) is 17.8 Å². The first kappa shape index (κ1) is 13.3. The minimum Gasteiger partial charge on any atom is -0.320 e. The number of nitrogens with zero attached hydrogens (tertiary/aromatic N) is 1. The molecule has 1 N–H and O–H groups in total. The molecule has 2 rings (SSSR count). The Labute approximate surface area is 105 Å². The lowest BCUT2D eigenvalue weighted by atomic mass is 10.1. The number of anilines is 1. The lowest BCUT2D eigenvalue weighted by Crippen LogP contribution is -2.41. The number of aromatic nitrogens is 1. The van der Waals surface area contributed by atoms with E-state index in [1.54, 1.807) is 17.4 Å². The Bertz CT molecular complexity index is 610. The summed E-state index contributed by atoms with van der Waals surface area (Å²) in [6, 6.07) is 6.14. The fraction of sp³-hybridized carbons (Fsp3) is 0.167. The second kappa shape index (κ2) is 4.83. The van der Waals surface area contributed by atoms with Crippen molar-refractivity contribution >= 4 is 22.4 Å². The van der Waals surface area contributed by atoms with E-state index in [0.717, 1.165) is 0 Å². The molecule has 0 saturated carbocycles. The highest BCUT2D eigenvalue weighted by atomic mass is 19.3. The highest BCUT2D eigenvalue weighted by Gasteiger charge is 2.49. The molecule has 0 spiro atoms. The molecule has 0 bridgehead atoms. The Balaban J connectivity index is 2.35. The number of nitrogens with one attached hydrogen (secondary N) is 1. The number of rotatable bonds is 3. The summed E-state index contributed by atoms with van der Waals surface area (Å²) in [6.45, 7) is 0. The zero-order valence-electron chi connectivity index (χ0n) is 9.41. The van der Waals surface area contributed by atoms with Gasteiger partial charge in [0.2, 0.25) is 0 Å². The van der Waals surface area contributed by atoms with Crippen LogP contribution in [0.5, 0.6) is 0 Å². The quantitative estimate of drug-likeness (QED) is 0.872. The second-order valence-corrected chi connectivity index (χ2v) is 3.78. The first-order valence-electron chi connectivity index (χ1n) is 5.23. The number of hydrogen-bond acceptors (Lipinski definition) is 2. The molecule has 0 aliphatic rings. The summed E-state index contributed by atoms with van der Waals surface area (Å²) in [6.07, 6.45) is -1.21. The van der Waals surface area contributed by atoms with Crippen LogP contribution < -0.4 is 5.32 Å². The molecule has 1 aromatic carbocycles. The number of carbonyl (C=O) groups is 1. The zero-order valence-corrected chi connectivity index (χ0v) is 9.41. The monoisotopic (exact) mass is 272 g/mol. The second-order valence-electron chi connectivity index (χ2n) is 3.78. The standard InChI is InChI=1S/C12H8F4N2O/c13-10(14)12(15,16)11(19)18-9-3-1-2-7-4-5-17-6-8(7)9/h1-6,10H,(H,18,19). The van der Waals surface area contributed by atoms with Crippen molar-refractivity contribution in [2.45, 2.75) is 12.3 Å². The molecule has 0 aliphatic carbocycles. The van der Waals surface area contributed by atoms with E-state index in [1.165, 1.54) is 24.5 Å². The summed E-state index contributed by atoms with van der Waals surface area (Å²) < 4.78 is 49.8. The van der Waals surface area contributed by atoms with Gasteiger partial charge in [-0.25, -0.2) is 8.78 Å². The van der Waals surface area contributed by atoms with Crippen LogP contribution in [-0.2, 0) is 4.79 Å². The van der Waals surface area contributed by atoms with Crippen LogP contribution in [0.1, 0.15) is 0 Å². The number of fused-ring (bicyclic) bond motifs is 1. The third-order valence-electron chi connectivity index (χ3n) is 2.51. The summed E-state index contributed by atoms with van der Waals surface area (Å²) in [5, 5.41) is 2.84. The predicted octanol–water partition coefficient (Wildman–Crippen LogP) is 3.07. The number of amides is 1. The van der Waals surface area contributed by atoms with E-state index in [-0.39, 0.29) is 5.69 Å². The minimum absolute atomic E-state index is 0.0101. The van der Waals surface area contributed by atoms with E-state index >= 15 is 0 Å². The maximum atomic E-state index is 12.8. The Hall–Kier alpha value is -2.18. The van der Waals surface area contributed by atoms with E-state index in [0.29, 0.717) is 10.8 Å². The van der Waals surface area contributed by atoms with Crippen LogP contribution in [0.2, 0.25) is 0 Å². The van der Waals surface area contributed by atoms with Gasteiger partial charge in [0.25, 0.3) is 0 Å². The number of hydrogen-bond donors (Lipinski definition) is 1. The van der Waals surface area contributed by atoms with Crippen molar-refractivity contribution in [1.29, 1.82) is 0 Å². The molecule has 0 radical (unpaired) electrons. The normalized spacial score (nSPS) is 11.8. The van der Waals surface area contributed by atoms with Gasteiger partial charge in [0.1, 0.15) is 0 Å². The fourth-order valence-corrected chi connectivity index (χ4v) is 1.53. The fourth-order valence-electron chi connectivity index (χ4n) is 1.53. The van der Waals surface area contributed by atoms with Gasteiger partial charge in [-0.15, -0.1) is 0 Å². The molecule has 19 heavy (non-hydrogen) atoms. The summed E-state index contributed by atoms with van der Waals surface area (Å²) in [4.78, 5) is 14.9. The molecule has 1 aromatic heterocycles. The van der Waals surface area contributed by atoms with Gasteiger partial charge < -0.3 is 5.32 Å². The molecular weight excluding hydrogens is 264 g/mol. The smallest absolute Gasteiger partial charge is 0.320 e. The van der Waals surface area contributed by atoms with Crippen molar-refractivity contribution in [1.82, 2.24) is 4.98 Å². The summed E-state index contributed by atoms with van der Waals surface area (Å²) >= 11 is 0. The number of halogens is 4. The Morgan fingerprint density at radius 3 is 2.68 bits per heavy atom. The summed E-state index contributed by atoms with van der Waals surface area (Å²) in [5.74, 6) is -6.77. The van der Waals surface area contributed by atoms with Crippen molar-refractivity contribution in [3.05, 3.63) is 36.7 Å². The summed E-state index contributed by atoms with van der Waals surface area (Å²) in [5.41, 5.74) is 0.0101. The Morgan fingerprint density at radius 2 is 2.00 bits per heavy atom. The van der Waals surface area contributed by atoms with Gasteiger partial charge in [-0.05, 0) is 17.5 Å². The highest BCUT2D eigenvalue weighted by molar-refractivity contribution is 6.04. The van der Waals surface area contributed by atoms with Gasteiger partial charge in [-0.2, -0.15) is 8.78 Å². The SMILES string of the molecule is O=C(Nc1cccc2ccncc12)C(F)(F)C(F)F. The van der Waals surface area contributed by atoms with E-state index in [9.17, 15) is 22.4 Å². The van der Waals surface area contributed by atoms with E-state index in [2.05, 4.69) is 4.98 Å². The van der Waals surface area contributed by atoms with Crippen molar-refractivity contribution < 1.29 is 22.4 Å². The molecule has 1 heterocycles. The van der Waals surface area contributed by atoms with Crippen LogP contribution in [0.25, 0.3) is 10.8 Å². The molecule has 100 valence electrons. The summed E-state index contributed by atoms with van der Waals surface area (Å²) in [7, 11) is 0. The topological polar surface area (TPSA) is 42.0 Å². The molecule has 0 atom stereocenters. The maximum Gasteiger partial charge on any atom is 0.383 e. The Kier molecular flexibility index (Phi) is 3.37. The largest absolute Gasteiger partial charge is 0.383 e. The predicted molar refractivity (Wildman–Crippen MR) is 61.3 cm³/mol. The van der Waals surface area contributed by atoms with Crippen LogP contribution in [0.3, 0.4) is 0 Å². The maximum absolute atomic E-state index is 12.8. The van der Waals surface area contributed by atoms with Crippen LogP contribution in [0.15, 0.2) is 36.7 Å². The molecule has 0 unspecified atom stereocenters. The third kappa shape index (κ3) is 2.49. The lowest BCUT2D eigenvalue weighted by molar-refractivity contribution is -0.163. The van der Waals surface area contributed by atoms with Crippen LogP contribution in [0.4, 0.5) is 23.2 Å². The van der Waals surface area contributed by atoms with E-state index in [1.807, 2.05) is 0 Å². The average molecular weight is 272 g/mol. The number of pyridine rings is 1. The molecule has 0 aliphatic heterocycles. The number of alkyl halides is 4. The van der Waals surface area contributed by atoms with Crippen molar-refractivity contribution in [3.8, 4) is 0 Å². The lowest BCUT2D eigenvalue weighted by Gasteiger charge is -2.15. The number of carbonyl (C=O) groups excluding carboxylic acids is 1. The molecule has 0 fully saturated rings. The molecule has 0 saturated heterocycles.